The Morgan fingerprint density at radius 1 is 1.12 bits per heavy atom. The smallest absolute Gasteiger partial charge is 0.329 e. The molecule has 0 spiro atoms. The zero-order valence-corrected chi connectivity index (χ0v) is 14.7. The van der Waals surface area contributed by atoms with Gasteiger partial charge in [-0.05, 0) is 32.9 Å². The minimum Gasteiger partial charge on any atom is -0.390 e. The summed E-state index contributed by atoms with van der Waals surface area (Å²) in [5.74, 6) is 0. The quantitative estimate of drug-likeness (QED) is 0.896. The highest BCUT2D eigenvalue weighted by atomic mass is 16.5. The SMILES string of the molecule is CCn1c(=O)n(C[C@H](O)CN2C[C@@H](C)O[C@H](C)C2)c2ccccc21. The van der Waals surface area contributed by atoms with Gasteiger partial charge in [-0.25, -0.2) is 4.79 Å². The van der Waals surface area contributed by atoms with Gasteiger partial charge in [-0.15, -0.1) is 0 Å². The summed E-state index contributed by atoms with van der Waals surface area (Å²) in [4.78, 5) is 14.8. The van der Waals surface area contributed by atoms with Crippen molar-refractivity contribution in [3.05, 3.63) is 34.7 Å². The molecule has 1 saturated heterocycles. The van der Waals surface area contributed by atoms with Gasteiger partial charge < -0.3 is 9.84 Å². The van der Waals surface area contributed by atoms with Crippen LogP contribution < -0.4 is 5.69 Å². The minimum absolute atomic E-state index is 0.0542. The van der Waals surface area contributed by atoms with Crippen LogP contribution in [0.2, 0.25) is 0 Å². The highest BCUT2D eigenvalue weighted by Crippen LogP contribution is 2.15. The molecule has 1 fully saturated rings. The fourth-order valence-corrected chi connectivity index (χ4v) is 3.75. The number of rotatable bonds is 5. The Morgan fingerprint density at radius 2 is 1.71 bits per heavy atom. The normalized spacial score (nSPS) is 23.7. The lowest BCUT2D eigenvalue weighted by atomic mass is 10.2. The van der Waals surface area contributed by atoms with E-state index in [0.29, 0.717) is 19.6 Å². The maximum absolute atomic E-state index is 12.6. The number of β-amino-alcohol motifs (C(OH)–C–C–N with tert-alkyl or cyclic N) is 1. The summed E-state index contributed by atoms with van der Waals surface area (Å²) in [7, 11) is 0. The summed E-state index contributed by atoms with van der Waals surface area (Å²) >= 11 is 0. The van der Waals surface area contributed by atoms with Crippen LogP contribution in [0.1, 0.15) is 20.8 Å². The second kappa shape index (κ2) is 7.09. The van der Waals surface area contributed by atoms with Crippen LogP contribution in [0.3, 0.4) is 0 Å². The molecule has 2 heterocycles. The Morgan fingerprint density at radius 3 is 2.29 bits per heavy atom. The van der Waals surface area contributed by atoms with Gasteiger partial charge in [0.15, 0.2) is 0 Å². The number of hydrogen-bond donors (Lipinski definition) is 1. The summed E-state index contributed by atoms with van der Waals surface area (Å²) < 4.78 is 9.17. The molecular formula is C18H27N3O3. The van der Waals surface area contributed by atoms with Crippen molar-refractivity contribution in [3.8, 4) is 0 Å². The first-order chi connectivity index (χ1) is 11.5. The molecule has 0 aliphatic carbocycles. The molecule has 0 radical (unpaired) electrons. The fraction of sp³-hybridized carbons (Fsp3) is 0.611. The molecule has 3 rings (SSSR count). The molecular weight excluding hydrogens is 306 g/mol. The van der Waals surface area contributed by atoms with Crippen molar-refractivity contribution in [1.29, 1.82) is 0 Å². The van der Waals surface area contributed by atoms with E-state index in [1.807, 2.05) is 31.2 Å². The first-order valence-electron chi connectivity index (χ1n) is 8.73. The molecule has 6 heteroatoms. The molecule has 24 heavy (non-hydrogen) atoms. The predicted molar refractivity (Wildman–Crippen MR) is 94.3 cm³/mol. The zero-order chi connectivity index (χ0) is 17.3. The van der Waals surface area contributed by atoms with Gasteiger partial charge in [-0.3, -0.25) is 14.0 Å². The minimum atomic E-state index is -0.587. The number of benzene rings is 1. The first-order valence-corrected chi connectivity index (χ1v) is 8.73. The molecule has 1 N–H and O–H groups in total. The van der Waals surface area contributed by atoms with E-state index in [1.54, 1.807) is 9.13 Å². The zero-order valence-electron chi connectivity index (χ0n) is 14.7. The molecule has 1 aliphatic heterocycles. The van der Waals surface area contributed by atoms with Crippen LogP contribution >= 0.6 is 0 Å². The van der Waals surface area contributed by atoms with Crippen molar-refractivity contribution in [2.75, 3.05) is 19.6 Å². The first kappa shape index (κ1) is 17.2. The Hall–Kier alpha value is -1.63. The van der Waals surface area contributed by atoms with Crippen LogP contribution in [-0.2, 0) is 17.8 Å². The van der Waals surface area contributed by atoms with Crippen LogP contribution in [-0.4, -0.2) is 57.1 Å². The summed E-state index contributed by atoms with van der Waals surface area (Å²) in [5, 5.41) is 10.5. The van der Waals surface area contributed by atoms with Crippen LogP contribution in [0.4, 0.5) is 0 Å². The Labute approximate surface area is 142 Å². The standard InChI is InChI=1S/C18H27N3O3/c1-4-20-16-7-5-6-8-17(16)21(18(20)23)12-15(22)11-19-9-13(2)24-14(3)10-19/h5-8,13-15,22H,4,9-12H2,1-3H3/t13-,14-,15-/m1/s1. The molecule has 6 nitrogen and oxygen atoms in total. The number of aliphatic hydroxyl groups is 1. The van der Waals surface area contributed by atoms with E-state index in [-0.39, 0.29) is 17.9 Å². The van der Waals surface area contributed by atoms with E-state index in [1.165, 1.54) is 0 Å². The Balaban J connectivity index is 1.77. The lowest BCUT2D eigenvalue weighted by Gasteiger charge is -2.36. The predicted octanol–water partition coefficient (Wildman–Crippen LogP) is 1.29. The van der Waals surface area contributed by atoms with Gasteiger partial charge in [0.05, 0.1) is 35.9 Å². The van der Waals surface area contributed by atoms with E-state index < -0.39 is 6.10 Å². The van der Waals surface area contributed by atoms with Crippen LogP contribution in [0.5, 0.6) is 0 Å². The second-order valence-corrected chi connectivity index (χ2v) is 6.76. The van der Waals surface area contributed by atoms with Crippen LogP contribution in [0.15, 0.2) is 29.1 Å². The molecule has 2 aromatic rings. The summed E-state index contributed by atoms with van der Waals surface area (Å²) in [6.07, 6.45) is -0.243. The van der Waals surface area contributed by atoms with Crippen LogP contribution in [0.25, 0.3) is 11.0 Å². The summed E-state index contributed by atoms with van der Waals surface area (Å²) in [6, 6.07) is 7.75. The Kier molecular flexibility index (Phi) is 5.08. The van der Waals surface area contributed by atoms with E-state index in [9.17, 15) is 9.90 Å². The number of para-hydroxylation sites is 2. The number of imidazole rings is 1. The number of fused-ring (bicyclic) bond motifs is 1. The summed E-state index contributed by atoms with van der Waals surface area (Å²) in [5.41, 5.74) is 1.75. The monoisotopic (exact) mass is 333 g/mol. The molecule has 0 bridgehead atoms. The van der Waals surface area contributed by atoms with Gasteiger partial charge in [-0.1, -0.05) is 12.1 Å². The maximum Gasteiger partial charge on any atom is 0.329 e. The van der Waals surface area contributed by atoms with E-state index >= 15 is 0 Å². The molecule has 1 aromatic carbocycles. The van der Waals surface area contributed by atoms with Crippen LogP contribution in [0, 0.1) is 0 Å². The molecule has 1 aliphatic rings. The van der Waals surface area contributed by atoms with Crippen molar-refractivity contribution in [2.45, 2.75) is 52.2 Å². The third kappa shape index (κ3) is 3.41. The lowest BCUT2D eigenvalue weighted by molar-refractivity contribution is -0.0772. The van der Waals surface area contributed by atoms with Crippen molar-refractivity contribution in [3.63, 3.8) is 0 Å². The molecule has 3 atom stereocenters. The largest absolute Gasteiger partial charge is 0.390 e. The van der Waals surface area contributed by atoms with Crippen molar-refractivity contribution in [1.82, 2.24) is 14.0 Å². The highest BCUT2D eigenvalue weighted by molar-refractivity contribution is 5.75. The lowest BCUT2D eigenvalue weighted by Crippen LogP contribution is -2.48. The third-order valence-corrected chi connectivity index (χ3v) is 4.60. The number of aliphatic hydroxyl groups excluding tert-OH is 1. The van der Waals surface area contributed by atoms with Crippen molar-refractivity contribution >= 4 is 11.0 Å². The fourth-order valence-electron chi connectivity index (χ4n) is 3.75. The average Bonchev–Trinajstić information content (AvgIpc) is 2.78. The number of hydrogen-bond acceptors (Lipinski definition) is 4. The summed E-state index contributed by atoms with van der Waals surface area (Å²) in [6.45, 7) is 9.18. The average molecular weight is 333 g/mol. The van der Waals surface area contributed by atoms with Gasteiger partial charge in [0.1, 0.15) is 0 Å². The molecule has 0 amide bonds. The number of aryl methyl sites for hydroxylation is 1. The van der Waals surface area contributed by atoms with Gasteiger partial charge in [0.2, 0.25) is 0 Å². The Bertz CT molecular complexity index is 742. The molecule has 1 aromatic heterocycles. The van der Waals surface area contributed by atoms with Gasteiger partial charge in [0, 0.05) is 26.2 Å². The van der Waals surface area contributed by atoms with E-state index in [4.69, 9.17) is 4.74 Å². The number of nitrogens with zero attached hydrogens (tertiary/aromatic N) is 3. The highest BCUT2D eigenvalue weighted by Gasteiger charge is 2.24. The number of ether oxygens (including phenoxy) is 1. The second-order valence-electron chi connectivity index (χ2n) is 6.76. The topological polar surface area (TPSA) is 59.6 Å². The van der Waals surface area contributed by atoms with Crippen molar-refractivity contribution < 1.29 is 9.84 Å². The maximum atomic E-state index is 12.6. The van der Waals surface area contributed by atoms with Gasteiger partial charge >= 0.3 is 5.69 Å². The van der Waals surface area contributed by atoms with E-state index in [2.05, 4.69) is 18.7 Å². The molecule has 0 saturated carbocycles. The third-order valence-electron chi connectivity index (χ3n) is 4.60. The van der Waals surface area contributed by atoms with E-state index in [0.717, 1.165) is 24.1 Å². The molecule has 0 unspecified atom stereocenters. The molecule has 132 valence electrons. The van der Waals surface area contributed by atoms with Crippen molar-refractivity contribution in [2.24, 2.45) is 0 Å². The number of aromatic nitrogens is 2. The van der Waals surface area contributed by atoms with Gasteiger partial charge in [-0.2, -0.15) is 0 Å². The van der Waals surface area contributed by atoms with Gasteiger partial charge in [0.25, 0.3) is 0 Å². The number of morpholine rings is 1.